The van der Waals surface area contributed by atoms with Gasteiger partial charge in [-0.2, -0.15) is 0 Å². The van der Waals surface area contributed by atoms with Crippen LogP contribution in [0.1, 0.15) is 20.8 Å². The van der Waals surface area contributed by atoms with Crippen molar-refractivity contribution in [3.8, 4) is 0 Å². The summed E-state index contributed by atoms with van der Waals surface area (Å²) in [4.78, 5) is 4.01. The van der Waals surface area contributed by atoms with E-state index >= 15 is 0 Å². The van der Waals surface area contributed by atoms with Gasteiger partial charge in [0, 0.05) is 43.0 Å². The molecule has 7 N–H and O–H groups in total. The van der Waals surface area contributed by atoms with Crippen molar-refractivity contribution in [2.75, 3.05) is 7.05 Å². The first-order valence-electron chi connectivity index (χ1n) is 8.59. The number of nitrogens with zero attached hydrogens (tertiary/aromatic N) is 1. The Balaban J connectivity index is 2.15. The normalized spacial score (nSPS) is 17.6. The molecular formula is C20H27N7. The number of allylic oxidation sites excluding steroid dienone is 6. The third-order valence-electron chi connectivity index (χ3n) is 4.03. The van der Waals surface area contributed by atoms with Crippen LogP contribution in [0.2, 0.25) is 0 Å². The molecule has 2 aliphatic rings. The van der Waals surface area contributed by atoms with E-state index in [1.54, 1.807) is 19.3 Å². The van der Waals surface area contributed by atoms with Crippen molar-refractivity contribution < 1.29 is 0 Å². The maximum Gasteiger partial charge on any atom is 0.123 e. The molecule has 2 rings (SSSR count). The molecule has 0 aliphatic carbocycles. The van der Waals surface area contributed by atoms with Gasteiger partial charge in [-0.15, -0.1) is 0 Å². The molecule has 0 atom stereocenters. The van der Waals surface area contributed by atoms with E-state index < -0.39 is 0 Å². The fraction of sp³-hybridized carbons (Fsp3) is 0.250. The van der Waals surface area contributed by atoms with Crippen molar-refractivity contribution in [3.63, 3.8) is 0 Å². The zero-order valence-electron chi connectivity index (χ0n) is 16.1. The number of hydrogen-bond donors (Lipinski definition) is 6. The Morgan fingerprint density at radius 2 is 2.00 bits per heavy atom. The van der Waals surface area contributed by atoms with Crippen LogP contribution in [-0.4, -0.2) is 25.3 Å². The minimum atomic E-state index is -0.196. The average molecular weight is 365 g/mol. The summed E-state index contributed by atoms with van der Waals surface area (Å²) in [6.45, 7) is 6.04. The maximum atomic E-state index is 8.18. The van der Waals surface area contributed by atoms with Crippen molar-refractivity contribution in [2.24, 2.45) is 16.1 Å². The fourth-order valence-corrected chi connectivity index (χ4v) is 2.51. The average Bonchev–Trinajstić information content (AvgIpc) is 2.62. The van der Waals surface area contributed by atoms with Gasteiger partial charge in [0.05, 0.1) is 11.4 Å². The quantitative estimate of drug-likeness (QED) is 0.331. The Labute approximate surface area is 160 Å². The Morgan fingerprint density at radius 3 is 2.59 bits per heavy atom. The van der Waals surface area contributed by atoms with Crippen LogP contribution in [0, 0.1) is 16.2 Å². The lowest BCUT2D eigenvalue weighted by atomic mass is 9.87. The van der Waals surface area contributed by atoms with Gasteiger partial charge in [-0.3, -0.25) is 10.4 Å². The van der Waals surface area contributed by atoms with E-state index in [1.807, 2.05) is 45.2 Å². The van der Waals surface area contributed by atoms with Crippen LogP contribution in [0.15, 0.2) is 75.6 Å². The summed E-state index contributed by atoms with van der Waals surface area (Å²) in [6, 6.07) is 0. The van der Waals surface area contributed by atoms with E-state index in [0.29, 0.717) is 5.82 Å². The zero-order valence-corrected chi connectivity index (χ0v) is 16.1. The molecule has 0 aromatic heterocycles. The highest BCUT2D eigenvalue weighted by Crippen LogP contribution is 2.24. The summed E-state index contributed by atoms with van der Waals surface area (Å²) < 4.78 is 0. The molecule has 7 nitrogen and oxygen atoms in total. The number of aliphatic imine (C=N–C) groups is 1. The second-order valence-electron chi connectivity index (χ2n) is 7.13. The van der Waals surface area contributed by atoms with Crippen molar-refractivity contribution in [2.45, 2.75) is 20.8 Å². The molecule has 7 heteroatoms. The second-order valence-corrected chi connectivity index (χ2v) is 7.13. The Bertz CT molecular complexity index is 840. The van der Waals surface area contributed by atoms with Gasteiger partial charge in [-0.25, -0.2) is 0 Å². The number of amidine groups is 1. The third kappa shape index (κ3) is 5.07. The van der Waals surface area contributed by atoms with Gasteiger partial charge < -0.3 is 27.1 Å². The summed E-state index contributed by atoms with van der Waals surface area (Å²) >= 11 is 0. The van der Waals surface area contributed by atoms with Crippen molar-refractivity contribution in [3.05, 3.63) is 70.6 Å². The van der Waals surface area contributed by atoms with Gasteiger partial charge in [0.2, 0.25) is 0 Å². The molecule has 0 aromatic carbocycles. The summed E-state index contributed by atoms with van der Waals surface area (Å²) in [5.41, 5.74) is 9.75. The molecule has 27 heavy (non-hydrogen) atoms. The highest BCUT2D eigenvalue weighted by Gasteiger charge is 2.18. The summed E-state index contributed by atoms with van der Waals surface area (Å²) in [5, 5.41) is 25.3. The number of dihydropyridines is 2. The second kappa shape index (κ2) is 8.35. The van der Waals surface area contributed by atoms with E-state index in [9.17, 15) is 0 Å². The summed E-state index contributed by atoms with van der Waals surface area (Å²) in [7, 11) is 1.70. The van der Waals surface area contributed by atoms with Gasteiger partial charge in [-0.05, 0) is 35.3 Å². The van der Waals surface area contributed by atoms with Gasteiger partial charge in [-0.1, -0.05) is 20.8 Å². The molecular weight excluding hydrogens is 338 g/mol. The minimum Gasteiger partial charge on any atom is -0.404 e. The largest absolute Gasteiger partial charge is 0.404 e. The van der Waals surface area contributed by atoms with Crippen molar-refractivity contribution >= 4 is 18.3 Å². The van der Waals surface area contributed by atoms with Crippen LogP contribution in [0.25, 0.3) is 0 Å². The molecule has 0 bridgehead atoms. The lowest BCUT2D eigenvalue weighted by Gasteiger charge is -2.25. The topological polar surface area (TPSA) is 122 Å². The van der Waals surface area contributed by atoms with E-state index in [-0.39, 0.29) is 11.3 Å². The van der Waals surface area contributed by atoms with Gasteiger partial charge >= 0.3 is 0 Å². The first-order valence-corrected chi connectivity index (χ1v) is 8.59. The van der Waals surface area contributed by atoms with E-state index in [1.165, 1.54) is 12.4 Å². The van der Waals surface area contributed by atoms with Crippen LogP contribution in [0.5, 0.6) is 0 Å². The molecule has 0 unspecified atom stereocenters. The molecule has 0 spiro atoms. The van der Waals surface area contributed by atoms with Crippen LogP contribution in [-0.2, 0) is 0 Å². The van der Waals surface area contributed by atoms with Crippen LogP contribution in [0.4, 0.5) is 0 Å². The maximum absolute atomic E-state index is 8.18. The predicted molar refractivity (Wildman–Crippen MR) is 112 cm³/mol. The standard InChI is InChI=1S/C20H27N7/c1-20(2,3)15(10-22)8-18(23)27-19-6-5-16-17(26-19)7-13(12-25-16)14(9-21)11-24-4/h5-12,22,25-26H,21H2,1-4H3,(H2,23,27). The minimum absolute atomic E-state index is 0.196. The molecule has 142 valence electrons. The van der Waals surface area contributed by atoms with E-state index in [2.05, 4.69) is 20.9 Å². The van der Waals surface area contributed by atoms with Crippen LogP contribution in [0.3, 0.4) is 0 Å². The predicted octanol–water partition coefficient (Wildman–Crippen LogP) is 2.42. The monoisotopic (exact) mass is 365 g/mol. The molecule has 2 aliphatic heterocycles. The fourth-order valence-electron chi connectivity index (χ4n) is 2.51. The first-order chi connectivity index (χ1) is 12.8. The molecule has 2 heterocycles. The Morgan fingerprint density at radius 1 is 1.26 bits per heavy atom. The highest BCUT2D eigenvalue weighted by atomic mass is 15.1. The number of nitrogens with one attached hydrogen (secondary N) is 5. The van der Waals surface area contributed by atoms with Crippen LogP contribution >= 0.6 is 0 Å². The number of hydrogen-bond acceptors (Lipinski definition) is 6. The van der Waals surface area contributed by atoms with Gasteiger partial charge in [0.15, 0.2) is 0 Å². The smallest absolute Gasteiger partial charge is 0.123 e. The SMILES string of the molecule is CN=CC(=CN)C1=CNC2=CC=C(NC(=N)C=C(C=N)C(C)(C)C)NC2=C1. The number of fused-ring (bicyclic) bond motifs is 1. The van der Waals surface area contributed by atoms with Crippen molar-refractivity contribution in [1.82, 2.24) is 16.0 Å². The Hall–Kier alpha value is -3.35. The number of nitrogens with two attached hydrogens (primary N) is 1. The first kappa shape index (κ1) is 20.0. The van der Waals surface area contributed by atoms with Crippen molar-refractivity contribution in [1.29, 1.82) is 10.8 Å². The molecule has 0 aromatic rings. The zero-order chi connectivity index (χ0) is 20.0. The summed E-state index contributed by atoms with van der Waals surface area (Å²) in [6.07, 6.45) is 13.8. The molecule has 0 amide bonds. The molecule has 0 radical (unpaired) electrons. The Kier molecular flexibility index (Phi) is 6.18. The molecule has 0 saturated carbocycles. The van der Waals surface area contributed by atoms with E-state index in [0.717, 1.165) is 28.1 Å². The highest BCUT2D eigenvalue weighted by molar-refractivity contribution is 5.97. The van der Waals surface area contributed by atoms with E-state index in [4.69, 9.17) is 16.6 Å². The van der Waals surface area contributed by atoms with Crippen LogP contribution < -0.4 is 21.7 Å². The lowest BCUT2D eigenvalue weighted by Crippen LogP contribution is -2.35. The third-order valence-corrected chi connectivity index (χ3v) is 4.03. The lowest BCUT2D eigenvalue weighted by molar-refractivity contribution is 0.526. The summed E-state index contributed by atoms with van der Waals surface area (Å²) in [5.74, 6) is 0.884. The van der Waals surface area contributed by atoms with Gasteiger partial charge in [0.25, 0.3) is 0 Å². The molecule has 0 fully saturated rings. The molecule has 0 saturated heterocycles. The number of rotatable bonds is 5. The van der Waals surface area contributed by atoms with Gasteiger partial charge in [0.1, 0.15) is 11.7 Å².